The van der Waals surface area contributed by atoms with E-state index in [1.807, 2.05) is 18.2 Å². The van der Waals surface area contributed by atoms with Crippen molar-refractivity contribution in [3.8, 4) is 0 Å². The second-order valence-corrected chi connectivity index (χ2v) is 4.32. The molecule has 2 aromatic rings. The second-order valence-electron chi connectivity index (χ2n) is 4.32. The van der Waals surface area contributed by atoms with Crippen LogP contribution in [0.4, 0.5) is 0 Å². The highest BCUT2D eigenvalue weighted by molar-refractivity contribution is 5.89. The first-order valence-electron chi connectivity index (χ1n) is 6.16. The van der Waals surface area contributed by atoms with Gasteiger partial charge in [-0.05, 0) is 30.5 Å². The summed E-state index contributed by atoms with van der Waals surface area (Å²) in [6.45, 7) is 4.24. The van der Waals surface area contributed by atoms with Crippen molar-refractivity contribution in [3.63, 3.8) is 0 Å². The Hall–Kier alpha value is -1.64. The first kappa shape index (κ1) is 11.8. The van der Waals surface area contributed by atoms with Gasteiger partial charge in [0.2, 0.25) is 0 Å². The van der Waals surface area contributed by atoms with Crippen LogP contribution < -0.4 is 0 Å². The molecule has 1 aromatic heterocycles. The van der Waals surface area contributed by atoms with Crippen molar-refractivity contribution in [2.75, 3.05) is 0 Å². The lowest BCUT2D eigenvalue weighted by Crippen LogP contribution is -2.10. The van der Waals surface area contributed by atoms with Crippen molar-refractivity contribution in [2.45, 2.75) is 39.0 Å². The average Bonchev–Trinajstić information content (AvgIpc) is 2.77. The molecule has 0 fully saturated rings. The summed E-state index contributed by atoms with van der Waals surface area (Å²) in [5, 5.41) is 8.11. The Kier molecular flexibility index (Phi) is 3.57. The van der Waals surface area contributed by atoms with E-state index in [9.17, 15) is 0 Å². The monoisotopic (exact) mass is 230 g/mol. The molecule has 0 saturated carbocycles. The van der Waals surface area contributed by atoms with E-state index in [1.54, 1.807) is 0 Å². The summed E-state index contributed by atoms with van der Waals surface area (Å²) in [6, 6.07) is 6.03. The van der Waals surface area contributed by atoms with Crippen LogP contribution >= 0.6 is 0 Å². The van der Waals surface area contributed by atoms with Gasteiger partial charge >= 0.3 is 0 Å². The van der Waals surface area contributed by atoms with Crippen LogP contribution in [0.25, 0.3) is 11.1 Å². The quantitative estimate of drug-likeness (QED) is 0.785. The Morgan fingerprint density at radius 1 is 1.41 bits per heavy atom. The molecular formula is C14H18N2O. The summed E-state index contributed by atoms with van der Waals surface area (Å²) in [7, 11) is 0. The molecule has 3 nitrogen and oxygen atoms in total. The fourth-order valence-corrected chi connectivity index (χ4v) is 2.22. The molecule has 0 radical (unpaired) electrons. The van der Waals surface area contributed by atoms with Crippen molar-refractivity contribution in [2.24, 2.45) is 0 Å². The number of nitrogens with one attached hydrogen (secondary N) is 1. The van der Waals surface area contributed by atoms with Crippen LogP contribution in [0.1, 0.15) is 44.6 Å². The summed E-state index contributed by atoms with van der Waals surface area (Å²) in [5.74, 6) is 0.219. The Labute approximate surface area is 101 Å². The third kappa shape index (κ3) is 2.38. The van der Waals surface area contributed by atoms with E-state index in [-0.39, 0.29) is 5.92 Å². The summed E-state index contributed by atoms with van der Waals surface area (Å²) in [5.41, 5.74) is 3.68. The van der Waals surface area contributed by atoms with Gasteiger partial charge in [0.05, 0.1) is 0 Å². The zero-order valence-corrected chi connectivity index (χ0v) is 10.4. The fourth-order valence-electron chi connectivity index (χ4n) is 2.22. The summed E-state index contributed by atoms with van der Waals surface area (Å²) < 4.78 is 5.23. The van der Waals surface area contributed by atoms with Gasteiger partial charge < -0.3 is 9.83 Å². The van der Waals surface area contributed by atoms with Gasteiger partial charge in [0.1, 0.15) is 5.52 Å². The fraction of sp³-hybridized carbons (Fsp3) is 0.429. The molecule has 0 spiro atoms. The molecule has 0 bridgehead atoms. The molecule has 17 heavy (non-hydrogen) atoms. The van der Waals surface area contributed by atoms with E-state index < -0.39 is 0 Å². The van der Waals surface area contributed by atoms with Crippen LogP contribution in [0.3, 0.4) is 0 Å². The first-order chi connectivity index (χ1) is 8.26. The molecule has 3 heteroatoms. The Morgan fingerprint density at radius 3 is 2.94 bits per heavy atom. The lowest BCUT2D eigenvalue weighted by atomic mass is 9.89. The molecule has 0 aliphatic rings. The number of benzene rings is 1. The zero-order valence-electron chi connectivity index (χ0n) is 10.4. The zero-order chi connectivity index (χ0) is 12.3. The van der Waals surface area contributed by atoms with Crippen molar-refractivity contribution in [3.05, 3.63) is 30.2 Å². The van der Waals surface area contributed by atoms with E-state index in [1.165, 1.54) is 12.0 Å². The Bertz CT molecular complexity index is 516. The maximum Gasteiger partial charge on any atom is 0.181 e. The van der Waals surface area contributed by atoms with Crippen LogP contribution in [-0.2, 0) is 0 Å². The van der Waals surface area contributed by atoms with Crippen LogP contribution in [0.15, 0.2) is 29.0 Å². The van der Waals surface area contributed by atoms with E-state index in [0.29, 0.717) is 0 Å². The summed E-state index contributed by atoms with van der Waals surface area (Å²) in [4.78, 5) is 4.16. The number of hydrogen-bond acceptors (Lipinski definition) is 3. The molecule has 2 rings (SSSR count). The molecule has 1 N–H and O–H groups in total. The number of oxazole rings is 1. The van der Waals surface area contributed by atoms with Crippen molar-refractivity contribution >= 4 is 16.8 Å². The number of nitrogens with zero attached hydrogens (tertiary/aromatic N) is 1. The van der Waals surface area contributed by atoms with Crippen LogP contribution in [0, 0.1) is 5.41 Å². The molecule has 0 amide bonds. The van der Waals surface area contributed by atoms with E-state index in [2.05, 4.69) is 18.8 Å². The van der Waals surface area contributed by atoms with Crippen molar-refractivity contribution in [1.29, 1.82) is 5.41 Å². The average molecular weight is 230 g/mol. The SMILES string of the molecule is CCCC(=N)C(CC)c1ccc2ocnc2c1. The molecule has 0 aliphatic carbocycles. The number of fused-ring (bicyclic) bond motifs is 1. The van der Waals surface area contributed by atoms with Gasteiger partial charge in [-0.15, -0.1) is 0 Å². The molecule has 1 aromatic carbocycles. The molecule has 0 aliphatic heterocycles. The number of rotatable bonds is 5. The molecule has 1 unspecified atom stereocenters. The van der Waals surface area contributed by atoms with Gasteiger partial charge in [-0.1, -0.05) is 26.3 Å². The Morgan fingerprint density at radius 2 is 2.24 bits per heavy atom. The lowest BCUT2D eigenvalue weighted by Gasteiger charge is -2.16. The van der Waals surface area contributed by atoms with Gasteiger partial charge in [-0.2, -0.15) is 0 Å². The second kappa shape index (κ2) is 5.13. The van der Waals surface area contributed by atoms with E-state index in [4.69, 9.17) is 9.83 Å². The van der Waals surface area contributed by atoms with Crippen LogP contribution in [-0.4, -0.2) is 10.7 Å². The normalized spacial score (nSPS) is 12.8. The molecular weight excluding hydrogens is 212 g/mol. The predicted octanol–water partition coefficient (Wildman–Crippen LogP) is 4.14. The van der Waals surface area contributed by atoms with Crippen molar-refractivity contribution in [1.82, 2.24) is 4.98 Å². The number of aromatic nitrogens is 1. The van der Waals surface area contributed by atoms with Gasteiger partial charge in [-0.3, -0.25) is 0 Å². The van der Waals surface area contributed by atoms with Gasteiger partial charge in [0.15, 0.2) is 12.0 Å². The lowest BCUT2D eigenvalue weighted by molar-refractivity contribution is 0.602. The minimum absolute atomic E-state index is 0.219. The van der Waals surface area contributed by atoms with Gasteiger partial charge in [0.25, 0.3) is 0 Å². The summed E-state index contributed by atoms with van der Waals surface area (Å²) in [6.07, 6.45) is 4.33. The third-order valence-electron chi connectivity index (χ3n) is 3.11. The Balaban J connectivity index is 2.32. The molecule has 1 heterocycles. The van der Waals surface area contributed by atoms with Gasteiger partial charge in [-0.25, -0.2) is 4.98 Å². The molecule has 0 saturated heterocycles. The van der Waals surface area contributed by atoms with E-state index in [0.717, 1.165) is 36.1 Å². The standard InChI is InChI=1S/C14H18N2O/c1-3-5-12(15)11(4-2)10-6-7-14-13(8-10)16-9-17-14/h6-9,11,15H,3-5H2,1-2H3. The topological polar surface area (TPSA) is 49.9 Å². The summed E-state index contributed by atoms with van der Waals surface area (Å²) >= 11 is 0. The minimum atomic E-state index is 0.219. The third-order valence-corrected chi connectivity index (χ3v) is 3.11. The highest BCUT2D eigenvalue weighted by atomic mass is 16.3. The van der Waals surface area contributed by atoms with E-state index >= 15 is 0 Å². The highest BCUT2D eigenvalue weighted by Crippen LogP contribution is 2.25. The van der Waals surface area contributed by atoms with Crippen LogP contribution in [0.5, 0.6) is 0 Å². The maximum atomic E-state index is 8.11. The molecule has 90 valence electrons. The largest absolute Gasteiger partial charge is 0.443 e. The van der Waals surface area contributed by atoms with Gasteiger partial charge in [0, 0.05) is 11.6 Å². The first-order valence-corrected chi connectivity index (χ1v) is 6.16. The minimum Gasteiger partial charge on any atom is -0.443 e. The maximum absolute atomic E-state index is 8.11. The van der Waals surface area contributed by atoms with Crippen LogP contribution in [0.2, 0.25) is 0 Å². The molecule has 1 atom stereocenters. The number of hydrogen-bond donors (Lipinski definition) is 1. The predicted molar refractivity (Wildman–Crippen MR) is 69.7 cm³/mol. The van der Waals surface area contributed by atoms with Crippen molar-refractivity contribution < 1.29 is 4.42 Å². The highest BCUT2D eigenvalue weighted by Gasteiger charge is 2.15. The smallest absolute Gasteiger partial charge is 0.181 e.